The first-order valence-electron chi connectivity index (χ1n) is 11.6. The summed E-state index contributed by atoms with van der Waals surface area (Å²) >= 11 is 0. The van der Waals surface area contributed by atoms with Crippen LogP contribution in [0.3, 0.4) is 0 Å². The van der Waals surface area contributed by atoms with Crippen molar-refractivity contribution in [1.82, 2.24) is 4.98 Å². The topological polar surface area (TPSA) is 50.3 Å². The molecule has 166 valence electrons. The van der Waals surface area contributed by atoms with Crippen LogP contribution in [0, 0.1) is 0 Å². The fourth-order valence-corrected chi connectivity index (χ4v) is 5.48. The van der Waals surface area contributed by atoms with Crippen LogP contribution in [0.2, 0.25) is 0 Å². The second kappa shape index (κ2) is 11.8. The Bertz CT molecular complexity index is 1030. The molecule has 5 heteroatoms. The molecule has 0 aliphatic carbocycles. The molecule has 0 aliphatic rings. The van der Waals surface area contributed by atoms with Crippen LogP contribution in [0.4, 0.5) is 5.69 Å². The van der Waals surface area contributed by atoms with E-state index in [4.69, 9.17) is 0 Å². The predicted molar refractivity (Wildman–Crippen MR) is 130 cm³/mol. The van der Waals surface area contributed by atoms with Gasteiger partial charge in [-0.05, 0) is 30.7 Å². The molecule has 0 saturated heterocycles. The van der Waals surface area contributed by atoms with Crippen molar-refractivity contribution in [3.05, 3.63) is 66.9 Å². The molecule has 0 fully saturated rings. The van der Waals surface area contributed by atoms with Crippen LogP contribution in [0.1, 0.15) is 64.7 Å². The van der Waals surface area contributed by atoms with Crippen LogP contribution in [-0.2, 0) is 10.0 Å². The van der Waals surface area contributed by atoms with Gasteiger partial charge in [0.25, 0.3) is 10.0 Å². The van der Waals surface area contributed by atoms with Crippen molar-refractivity contribution in [2.75, 3.05) is 10.8 Å². The van der Waals surface area contributed by atoms with Gasteiger partial charge in [-0.15, -0.1) is 0 Å². The van der Waals surface area contributed by atoms with Gasteiger partial charge in [-0.25, -0.2) is 8.42 Å². The van der Waals surface area contributed by atoms with Gasteiger partial charge in [-0.3, -0.25) is 9.29 Å². The molecule has 0 spiro atoms. The highest BCUT2D eigenvalue weighted by Crippen LogP contribution is 2.30. The van der Waals surface area contributed by atoms with Crippen LogP contribution in [0.15, 0.2) is 71.8 Å². The Hall–Kier alpha value is -2.40. The molecule has 0 bridgehead atoms. The maximum Gasteiger partial charge on any atom is 0.264 e. The summed E-state index contributed by atoms with van der Waals surface area (Å²) in [6.45, 7) is 2.70. The highest BCUT2D eigenvalue weighted by Gasteiger charge is 2.26. The number of unbranched alkanes of at least 4 members (excludes halogenated alkanes) is 8. The Morgan fingerprint density at radius 3 is 2.10 bits per heavy atom. The van der Waals surface area contributed by atoms with E-state index in [9.17, 15) is 8.42 Å². The molecule has 0 amide bonds. The molecule has 1 heterocycles. The number of nitrogens with zero attached hydrogens (tertiary/aromatic N) is 2. The van der Waals surface area contributed by atoms with Gasteiger partial charge >= 0.3 is 0 Å². The van der Waals surface area contributed by atoms with Crippen molar-refractivity contribution < 1.29 is 8.42 Å². The normalized spacial score (nSPS) is 11.6. The average Bonchev–Trinajstić information content (AvgIpc) is 2.80. The third kappa shape index (κ3) is 6.30. The summed E-state index contributed by atoms with van der Waals surface area (Å²) in [7, 11) is -3.66. The first kappa shape index (κ1) is 23.3. The molecule has 0 aliphatic heterocycles. The molecule has 0 unspecified atom stereocenters. The third-order valence-electron chi connectivity index (χ3n) is 5.68. The van der Waals surface area contributed by atoms with Gasteiger partial charge in [0.15, 0.2) is 0 Å². The largest absolute Gasteiger partial charge is 0.264 e. The van der Waals surface area contributed by atoms with Crippen LogP contribution in [-0.4, -0.2) is 19.9 Å². The van der Waals surface area contributed by atoms with Gasteiger partial charge < -0.3 is 0 Å². The number of fused-ring (bicyclic) bond motifs is 1. The summed E-state index contributed by atoms with van der Waals surface area (Å²) in [6.07, 6.45) is 12.5. The number of hydrogen-bond acceptors (Lipinski definition) is 3. The van der Waals surface area contributed by atoms with Crippen molar-refractivity contribution in [3.8, 4) is 0 Å². The van der Waals surface area contributed by atoms with Gasteiger partial charge in [0.1, 0.15) is 0 Å². The summed E-state index contributed by atoms with van der Waals surface area (Å²) in [4.78, 5) is 4.81. The van der Waals surface area contributed by atoms with E-state index >= 15 is 0 Å². The second-order valence-electron chi connectivity index (χ2n) is 8.07. The lowest BCUT2D eigenvalue weighted by molar-refractivity contribution is 0.562. The zero-order valence-electron chi connectivity index (χ0n) is 18.5. The molecule has 31 heavy (non-hydrogen) atoms. The van der Waals surface area contributed by atoms with E-state index in [-0.39, 0.29) is 0 Å². The summed E-state index contributed by atoms with van der Waals surface area (Å²) in [5, 5.41) is 0.945. The molecule has 4 nitrogen and oxygen atoms in total. The van der Waals surface area contributed by atoms with E-state index in [0.717, 1.165) is 30.2 Å². The number of aromatic nitrogens is 1. The zero-order chi connectivity index (χ0) is 21.9. The summed E-state index contributed by atoms with van der Waals surface area (Å²) in [5.41, 5.74) is 1.38. The Morgan fingerprint density at radius 1 is 0.742 bits per heavy atom. The minimum atomic E-state index is -3.66. The van der Waals surface area contributed by atoms with Crippen LogP contribution in [0.25, 0.3) is 10.9 Å². The fourth-order valence-electron chi connectivity index (χ4n) is 3.95. The molecular weight excluding hydrogens is 404 g/mol. The average molecular weight is 439 g/mol. The highest BCUT2D eigenvalue weighted by atomic mass is 32.2. The Balaban J connectivity index is 1.73. The predicted octanol–water partition coefficient (Wildman–Crippen LogP) is 6.96. The molecule has 0 radical (unpaired) electrons. The van der Waals surface area contributed by atoms with E-state index in [2.05, 4.69) is 11.9 Å². The summed E-state index contributed by atoms with van der Waals surface area (Å²) in [5.74, 6) is 0. The first-order chi connectivity index (χ1) is 15.1. The van der Waals surface area contributed by atoms with E-state index in [1.54, 1.807) is 34.8 Å². The van der Waals surface area contributed by atoms with Gasteiger partial charge in [-0.2, -0.15) is 0 Å². The SMILES string of the molecule is CCCCCCCCCCCN(c1cccc2cccnc12)S(=O)(=O)c1ccccc1. The molecule has 2 aromatic carbocycles. The molecule has 3 rings (SSSR count). The maximum absolute atomic E-state index is 13.5. The monoisotopic (exact) mass is 438 g/mol. The molecule has 0 saturated carbocycles. The fraction of sp³-hybridized carbons (Fsp3) is 0.423. The lowest BCUT2D eigenvalue weighted by atomic mass is 10.1. The summed E-state index contributed by atoms with van der Waals surface area (Å²) in [6, 6.07) is 18.3. The summed E-state index contributed by atoms with van der Waals surface area (Å²) < 4.78 is 28.6. The standard InChI is InChI=1S/C26H34N2O2S/c1-2-3-4-5-6-7-8-9-13-22-28(31(29,30)24-18-11-10-12-19-24)25-20-14-16-23-17-15-21-27-26(23)25/h10-12,14-21H,2-9,13,22H2,1H3. The maximum atomic E-state index is 13.5. The van der Waals surface area contributed by atoms with Crippen LogP contribution >= 0.6 is 0 Å². The number of sulfonamides is 1. The number of hydrogen-bond donors (Lipinski definition) is 0. The van der Waals surface area contributed by atoms with Gasteiger partial charge in [0.2, 0.25) is 0 Å². The molecular formula is C26H34N2O2S. The third-order valence-corrected chi connectivity index (χ3v) is 7.50. The minimum absolute atomic E-state index is 0.318. The van der Waals surface area contributed by atoms with Crippen molar-refractivity contribution in [1.29, 1.82) is 0 Å². The molecule has 1 aromatic heterocycles. The number of pyridine rings is 1. The number of anilines is 1. The Kier molecular flexibility index (Phi) is 8.89. The number of benzene rings is 2. The van der Waals surface area contributed by atoms with E-state index in [1.807, 2.05) is 36.4 Å². The van der Waals surface area contributed by atoms with Crippen molar-refractivity contribution in [2.24, 2.45) is 0 Å². The quantitative estimate of drug-likeness (QED) is 0.271. The van der Waals surface area contributed by atoms with E-state index in [1.165, 1.54) is 38.5 Å². The molecule has 0 atom stereocenters. The van der Waals surface area contributed by atoms with Crippen molar-refractivity contribution in [3.63, 3.8) is 0 Å². The Labute approximate surface area is 187 Å². The van der Waals surface area contributed by atoms with Crippen LogP contribution in [0.5, 0.6) is 0 Å². The molecule has 0 N–H and O–H groups in total. The van der Waals surface area contributed by atoms with Gasteiger partial charge in [0, 0.05) is 18.1 Å². The lowest BCUT2D eigenvalue weighted by Gasteiger charge is -2.25. The smallest absolute Gasteiger partial charge is 0.264 e. The number of para-hydroxylation sites is 1. The number of rotatable bonds is 13. The van der Waals surface area contributed by atoms with Gasteiger partial charge in [0.05, 0.1) is 16.1 Å². The minimum Gasteiger partial charge on any atom is -0.264 e. The van der Waals surface area contributed by atoms with Crippen LogP contribution < -0.4 is 4.31 Å². The zero-order valence-corrected chi connectivity index (χ0v) is 19.4. The molecule has 3 aromatic rings. The van der Waals surface area contributed by atoms with Gasteiger partial charge in [-0.1, -0.05) is 94.7 Å². The first-order valence-corrected chi connectivity index (χ1v) is 13.0. The van der Waals surface area contributed by atoms with Crippen molar-refractivity contribution >= 4 is 26.6 Å². The van der Waals surface area contributed by atoms with Crippen molar-refractivity contribution in [2.45, 2.75) is 69.6 Å². The second-order valence-corrected chi connectivity index (χ2v) is 9.93. The van der Waals surface area contributed by atoms with E-state index in [0.29, 0.717) is 17.1 Å². The van der Waals surface area contributed by atoms with E-state index < -0.39 is 10.0 Å². The lowest BCUT2D eigenvalue weighted by Crippen LogP contribution is -2.32. The highest BCUT2D eigenvalue weighted by molar-refractivity contribution is 7.92. The Morgan fingerprint density at radius 2 is 1.39 bits per heavy atom.